The zero-order valence-electron chi connectivity index (χ0n) is 24.7. The van der Waals surface area contributed by atoms with E-state index in [4.69, 9.17) is 4.98 Å². The summed E-state index contributed by atoms with van der Waals surface area (Å²) in [7, 11) is 0. The van der Waals surface area contributed by atoms with Crippen molar-refractivity contribution in [2.45, 2.75) is 75.0 Å². The fraction of sp³-hybridized carbons (Fsp3) is 0.441. The van der Waals surface area contributed by atoms with Gasteiger partial charge in [-0.25, -0.2) is 13.8 Å². The van der Waals surface area contributed by atoms with Crippen molar-refractivity contribution in [1.29, 1.82) is 0 Å². The van der Waals surface area contributed by atoms with Gasteiger partial charge in [-0.05, 0) is 84.5 Å². The molecular weight excluding hydrogens is 566 g/mol. The SMILES string of the molecule is CCCN(CCC)C(O)c1cccc(C(O)N[C@]2(C3(CSc4nc5ccccc5[nH]4)CC3)C[C@H]2c2cc(F)cc(F)c2)c1. The number of halogens is 2. The van der Waals surface area contributed by atoms with Crippen LogP contribution in [-0.4, -0.2) is 49.5 Å². The quantitative estimate of drug-likeness (QED) is 0.0911. The molecule has 4 N–H and O–H groups in total. The first-order chi connectivity index (χ1) is 20.8. The largest absolute Gasteiger partial charge is 0.374 e. The molecule has 43 heavy (non-hydrogen) atoms. The van der Waals surface area contributed by atoms with Crippen LogP contribution in [0.3, 0.4) is 0 Å². The Kier molecular flexibility index (Phi) is 8.63. The van der Waals surface area contributed by atoms with Gasteiger partial charge in [-0.3, -0.25) is 10.2 Å². The van der Waals surface area contributed by atoms with Crippen LogP contribution < -0.4 is 5.32 Å². The van der Waals surface area contributed by atoms with E-state index in [1.807, 2.05) is 53.4 Å². The zero-order valence-corrected chi connectivity index (χ0v) is 25.5. The second-order valence-corrected chi connectivity index (χ2v) is 13.1. The van der Waals surface area contributed by atoms with Crippen LogP contribution in [0, 0.1) is 17.0 Å². The number of benzene rings is 3. The standard InChI is InChI=1S/C34H40F2N4O2S/c1-3-14-40(15-4-2)31(42)23-9-7-8-22(16-23)30(41)39-34(20-27(34)24-17-25(35)19-26(36)18-24)33(12-13-33)21-43-32-37-28-10-5-6-11-29(28)38-32/h5-11,16-19,27,30-31,39,41-42H,3-4,12-15,20-21H2,1-2H3,(H,37,38)/t27-,30?,31?,34+/m0/s1. The maximum atomic E-state index is 14.3. The number of para-hydroxylation sites is 2. The van der Waals surface area contributed by atoms with Gasteiger partial charge >= 0.3 is 0 Å². The topological polar surface area (TPSA) is 84.4 Å². The number of rotatable bonds is 14. The van der Waals surface area contributed by atoms with Crippen LogP contribution in [0.5, 0.6) is 0 Å². The van der Waals surface area contributed by atoms with Crippen LogP contribution in [0.2, 0.25) is 0 Å². The summed E-state index contributed by atoms with van der Waals surface area (Å²) in [6.07, 6.45) is 2.62. The first-order valence-corrected chi connectivity index (χ1v) is 16.3. The van der Waals surface area contributed by atoms with Crippen molar-refractivity contribution in [2.75, 3.05) is 18.8 Å². The van der Waals surface area contributed by atoms with Gasteiger partial charge < -0.3 is 15.2 Å². The monoisotopic (exact) mass is 606 g/mol. The third kappa shape index (κ3) is 6.11. The lowest BCUT2D eigenvalue weighted by atomic mass is 9.90. The van der Waals surface area contributed by atoms with Crippen LogP contribution in [0.15, 0.2) is 71.9 Å². The Morgan fingerprint density at radius 1 is 0.977 bits per heavy atom. The lowest BCUT2D eigenvalue weighted by Crippen LogP contribution is -2.45. The molecule has 2 aliphatic rings. The lowest BCUT2D eigenvalue weighted by molar-refractivity contribution is 0.00139. The van der Waals surface area contributed by atoms with E-state index in [-0.39, 0.29) is 11.3 Å². The summed E-state index contributed by atoms with van der Waals surface area (Å²) in [5.41, 5.74) is 3.16. The van der Waals surface area contributed by atoms with E-state index in [9.17, 15) is 19.0 Å². The number of thioether (sulfide) groups is 1. The number of imidazole rings is 1. The fourth-order valence-corrected chi connectivity index (χ4v) is 8.08. The molecule has 0 spiro atoms. The van der Waals surface area contributed by atoms with Gasteiger partial charge in [0.2, 0.25) is 0 Å². The second kappa shape index (κ2) is 12.3. The summed E-state index contributed by atoms with van der Waals surface area (Å²) in [5, 5.41) is 27.2. The molecule has 0 saturated heterocycles. The van der Waals surface area contributed by atoms with Crippen LogP contribution in [0.25, 0.3) is 11.0 Å². The van der Waals surface area contributed by atoms with E-state index in [0.29, 0.717) is 17.5 Å². The number of hydrogen-bond donors (Lipinski definition) is 4. The molecule has 3 aromatic carbocycles. The van der Waals surface area contributed by atoms with Gasteiger partial charge in [0.1, 0.15) is 24.1 Å². The van der Waals surface area contributed by atoms with Crippen LogP contribution in [0.1, 0.15) is 81.0 Å². The maximum absolute atomic E-state index is 14.3. The number of nitrogens with one attached hydrogen (secondary N) is 2. The Balaban J connectivity index is 1.26. The molecule has 2 saturated carbocycles. The van der Waals surface area contributed by atoms with Gasteiger partial charge in [0.25, 0.3) is 0 Å². The number of nitrogens with zero attached hydrogens (tertiary/aromatic N) is 2. The van der Waals surface area contributed by atoms with Gasteiger partial charge in [0, 0.05) is 36.4 Å². The molecule has 2 aliphatic carbocycles. The van der Waals surface area contributed by atoms with Crippen molar-refractivity contribution in [3.05, 3.63) is 95.1 Å². The van der Waals surface area contributed by atoms with Crippen molar-refractivity contribution in [1.82, 2.24) is 20.2 Å². The van der Waals surface area contributed by atoms with E-state index >= 15 is 0 Å². The highest BCUT2D eigenvalue weighted by Gasteiger charge is 2.71. The van der Waals surface area contributed by atoms with Gasteiger partial charge in [0.05, 0.1) is 11.0 Å². The Labute approximate surface area is 255 Å². The van der Waals surface area contributed by atoms with E-state index in [0.717, 1.165) is 72.3 Å². The van der Waals surface area contributed by atoms with Crippen molar-refractivity contribution in [2.24, 2.45) is 5.41 Å². The molecule has 4 atom stereocenters. The summed E-state index contributed by atoms with van der Waals surface area (Å²) < 4.78 is 28.6. The number of H-pyrrole nitrogens is 1. The van der Waals surface area contributed by atoms with Crippen LogP contribution in [-0.2, 0) is 0 Å². The van der Waals surface area contributed by atoms with Crippen LogP contribution >= 0.6 is 11.8 Å². The van der Waals surface area contributed by atoms with E-state index in [1.165, 1.54) is 12.1 Å². The normalized spacial score (nSPS) is 22.2. The minimum Gasteiger partial charge on any atom is -0.374 e. The molecule has 0 radical (unpaired) electrons. The van der Waals surface area contributed by atoms with E-state index in [2.05, 4.69) is 24.1 Å². The van der Waals surface area contributed by atoms with E-state index in [1.54, 1.807) is 11.8 Å². The minimum atomic E-state index is -1.02. The summed E-state index contributed by atoms with van der Waals surface area (Å²) in [6.45, 7) is 5.74. The predicted octanol–water partition coefficient (Wildman–Crippen LogP) is 7.03. The average molecular weight is 607 g/mol. The molecule has 6 nitrogen and oxygen atoms in total. The van der Waals surface area contributed by atoms with Gasteiger partial charge in [0.15, 0.2) is 5.16 Å². The fourth-order valence-electron chi connectivity index (χ4n) is 6.77. The number of aromatic nitrogens is 2. The minimum absolute atomic E-state index is 0.149. The molecule has 1 aromatic heterocycles. The number of fused-ring (bicyclic) bond motifs is 1. The van der Waals surface area contributed by atoms with Crippen molar-refractivity contribution >= 4 is 22.8 Å². The Morgan fingerprint density at radius 2 is 1.67 bits per heavy atom. The van der Waals surface area contributed by atoms with Gasteiger partial charge in [-0.2, -0.15) is 0 Å². The Hall–Kier alpha value is -2.82. The van der Waals surface area contributed by atoms with Crippen molar-refractivity contribution in [3.8, 4) is 0 Å². The smallest absolute Gasteiger partial charge is 0.166 e. The van der Waals surface area contributed by atoms with Crippen LogP contribution in [0.4, 0.5) is 8.78 Å². The molecule has 0 bridgehead atoms. The number of aliphatic hydroxyl groups is 2. The molecule has 4 aromatic rings. The highest BCUT2D eigenvalue weighted by molar-refractivity contribution is 7.99. The van der Waals surface area contributed by atoms with Crippen molar-refractivity contribution in [3.63, 3.8) is 0 Å². The highest BCUT2D eigenvalue weighted by Crippen LogP contribution is 2.71. The van der Waals surface area contributed by atoms with E-state index < -0.39 is 29.6 Å². The average Bonchev–Trinajstić information content (AvgIpc) is 3.90. The zero-order chi connectivity index (χ0) is 30.2. The maximum Gasteiger partial charge on any atom is 0.166 e. The molecule has 0 aliphatic heterocycles. The summed E-state index contributed by atoms with van der Waals surface area (Å²) in [5.74, 6) is -0.584. The summed E-state index contributed by atoms with van der Waals surface area (Å²) >= 11 is 1.65. The molecule has 1 heterocycles. The third-order valence-electron chi connectivity index (χ3n) is 9.19. The molecule has 0 amide bonds. The molecule has 6 rings (SSSR count). The first kappa shape index (κ1) is 30.2. The third-order valence-corrected chi connectivity index (χ3v) is 10.4. The molecular formula is C34H40F2N4O2S. The van der Waals surface area contributed by atoms with Gasteiger partial charge in [-0.15, -0.1) is 0 Å². The molecule has 9 heteroatoms. The lowest BCUT2D eigenvalue weighted by Gasteiger charge is -2.33. The van der Waals surface area contributed by atoms with Crippen molar-refractivity contribution < 1.29 is 19.0 Å². The second-order valence-electron chi connectivity index (χ2n) is 12.2. The number of aromatic amines is 1. The predicted molar refractivity (Wildman–Crippen MR) is 167 cm³/mol. The number of hydrogen-bond acceptors (Lipinski definition) is 6. The highest BCUT2D eigenvalue weighted by atomic mass is 32.2. The molecule has 228 valence electrons. The number of aliphatic hydroxyl groups excluding tert-OH is 2. The Bertz CT molecular complexity index is 1520. The van der Waals surface area contributed by atoms with Gasteiger partial charge in [-0.1, -0.05) is 55.9 Å². The summed E-state index contributed by atoms with van der Waals surface area (Å²) in [6, 6.07) is 19.1. The molecule has 2 unspecified atom stereocenters. The Morgan fingerprint density at radius 3 is 2.35 bits per heavy atom. The first-order valence-electron chi connectivity index (χ1n) is 15.3. The molecule has 2 fully saturated rings. The summed E-state index contributed by atoms with van der Waals surface area (Å²) in [4.78, 5) is 10.2.